The summed E-state index contributed by atoms with van der Waals surface area (Å²) in [6.45, 7) is 5.76. The molecule has 6 nitrogen and oxygen atoms in total. The number of piperazine rings is 1. The maximum atomic E-state index is 13.0. The van der Waals surface area contributed by atoms with Gasteiger partial charge in [0.05, 0.1) is 17.5 Å². The molecule has 0 radical (unpaired) electrons. The van der Waals surface area contributed by atoms with Gasteiger partial charge in [-0.2, -0.15) is 5.10 Å². The summed E-state index contributed by atoms with van der Waals surface area (Å²) in [5.74, 6) is 0.839. The molecule has 1 amide bonds. The molecular formula is C18H23N5O. The third-order valence-corrected chi connectivity index (χ3v) is 5.23. The number of hydrogen-bond acceptors (Lipinski definition) is 4. The number of piperidine rings is 1. The van der Waals surface area contributed by atoms with Gasteiger partial charge in [0.1, 0.15) is 0 Å². The molecule has 4 heterocycles. The van der Waals surface area contributed by atoms with Crippen LogP contribution in [-0.2, 0) is 0 Å². The van der Waals surface area contributed by atoms with Crippen LogP contribution in [0.25, 0.3) is 5.82 Å². The van der Waals surface area contributed by atoms with Crippen LogP contribution in [0.15, 0.2) is 30.6 Å². The normalized spacial score (nSPS) is 21.5. The Kier molecular flexibility index (Phi) is 4.06. The minimum Gasteiger partial charge on any atom is -0.336 e. The number of aromatic nitrogens is 3. The summed E-state index contributed by atoms with van der Waals surface area (Å²) in [7, 11) is 0. The van der Waals surface area contributed by atoms with Crippen molar-refractivity contribution in [2.45, 2.75) is 32.2 Å². The zero-order valence-electron chi connectivity index (χ0n) is 14.1. The van der Waals surface area contributed by atoms with Crippen LogP contribution in [0.2, 0.25) is 0 Å². The Morgan fingerprint density at radius 2 is 2.12 bits per heavy atom. The van der Waals surface area contributed by atoms with Gasteiger partial charge in [-0.15, -0.1) is 0 Å². The number of amides is 1. The van der Waals surface area contributed by atoms with Crippen LogP contribution < -0.4 is 0 Å². The quantitative estimate of drug-likeness (QED) is 0.846. The molecule has 126 valence electrons. The number of hydrogen-bond donors (Lipinski definition) is 0. The van der Waals surface area contributed by atoms with E-state index in [0.717, 1.165) is 31.1 Å². The monoisotopic (exact) mass is 325 g/mol. The molecule has 2 aliphatic heterocycles. The molecule has 2 aliphatic rings. The molecule has 0 saturated carbocycles. The second kappa shape index (κ2) is 6.36. The van der Waals surface area contributed by atoms with E-state index in [9.17, 15) is 4.79 Å². The van der Waals surface area contributed by atoms with Crippen LogP contribution in [0.5, 0.6) is 0 Å². The molecule has 6 heteroatoms. The summed E-state index contributed by atoms with van der Waals surface area (Å²) >= 11 is 0. The van der Waals surface area contributed by atoms with E-state index >= 15 is 0 Å². The molecule has 1 atom stereocenters. The molecule has 0 N–H and O–H groups in total. The van der Waals surface area contributed by atoms with Gasteiger partial charge in [0.15, 0.2) is 5.82 Å². The highest BCUT2D eigenvalue weighted by atomic mass is 16.2. The summed E-state index contributed by atoms with van der Waals surface area (Å²) in [5, 5.41) is 4.38. The van der Waals surface area contributed by atoms with Crippen LogP contribution in [0.4, 0.5) is 0 Å². The first kappa shape index (κ1) is 15.3. The zero-order chi connectivity index (χ0) is 16.5. The Bertz CT molecular complexity index is 726. The van der Waals surface area contributed by atoms with Crippen molar-refractivity contribution in [1.82, 2.24) is 24.6 Å². The number of fused-ring (bicyclic) bond motifs is 1. The second-order valence-corrected chi connectivity index (χ2v) is 6.68. The number of rotatable bonds is 2. The van der Waals surface area contributed by atoms with Crippen molar-refractivity contribution in [2.24, 2.45) is 0 Å². The van der Waals surface area contributed by atoms with Crippen molar-refractivity contribution in [3.8, 4) is 5.82 Å². The Labute approximate surface area is 142 Å². The van der Waals surface area contributed by atoms with Crippen LogP contribution in [0.1, 0.15) is 35.3 Å². The fraction of sp³-hybridized carbons (Fsp3) is 0.500. The van der Waals surface area contributed by atoms with E-state index in [-0.39, 0.29) is 5.91 Å². The average molecular weight is 325 g/mol. The smallest absolute Gasteiger partial charge is 0.257 e. The Morgan fingerprint density at radius 1 is 1.21 bits per heavy atom. The van der Waals surface area contributed by atoms with Gasteiger partial charge in [-0.1, -0.05) is 12.5 Å². The van der Waals surface area contributed by atoms with Crippen molar-refractivity contribution in [3.05, 3.63) is 41.9 Å². The van der Waals surface area contributed by atoms with Gasteiger partial charge in [0, 0.05) is 31.9 Å². The molecule has 0 unspecified atom stereocenters. The second-order valence-electron chi connectivity index (χ2n) is 6.68. The highest BCUT2D eigenvalue weighted by molar-refractivity contribution is 5.95. The highest BCUT2D eigenvalue weighted by Gasteiger charge is 2.32. The lowest BCUT2D eigenvalue weighted by atomic mass is 9.99. The summed E-state index contributed by atoms with van der Waals surface area (Å²) < 4.78 is 1.74. The molecule has 24 heavy (non-hydrogen) atoms. The van der Waals surface area contributed by atoms with Crippen molar-refractivity contribution in [2.75, 3.05) is 26.2 Å². The lowest BCUT2D eigenvalue weighted by Crippen LogP contribution is -2.56. The molecule has 0 aromatic carbocycles. The fourth-order valence-electron chi connectivity index (χ4n) is 3.84. The van der Waals surface area contributed by atoms with Gasteiger partial charge in [-0.3, -0.25) is 9.69 Å². The van der Waals surface area contributed by atoms with Gasteiger partial charge in [0.25, 0.3) is 5.91 Å². The Morgan fingerprint density at radius 3 is 2.96 bits per heavy atom. The average Bonchev–Trinajstić information content (AvgIpc) is 3.03. The number of pyridine rings is 1. The Balaban J connectivity index is 1.54. The molecule has 2 saturated heterocycles. The minimum atomic E-state index is 0.0971. The van der Waals surface area contributed by atoms with Crippen LogP contribution in [0.3, 0.4) is 0 Å². The molecule has 2 aromatic heterocycles. The molecule has 0 bridgehead atoms. The van der Waals surface area contributed by atoms with Gasteiger partial charge in [-0.25, -0.2) is 9.67 Å². The van der Waals surface area contributed by atoms with Gasteiger partial charge in [0.2, 0.25) is 0 Å². The van der Waals surface area contributed by atoms with Crippen LogP contribution >= 0.6 is 0 Å². The predicted molar refractivity (Wildman–Crippen MR) is 91.2 cm³/mol. The van der Waals surface area contributed by atoms with E-state index in [0.29, 0.717) is 11.6 Å². The predicted octanol–water partition coefficient (Wildman–Crippen LogP) is 1.89. The topological polar surface area (TPSA) is 54.3 Å². The first-order valence-electron chi connectivity index (χ1n) is 8.73. The molecule has 2 aromatic rings. The molecular weight excluding hydrogens is 302 g/mol. The maximum Gasteiger partial charge on any atom is 0.257 e. The maximum absolute atomic E-state index is 13.0. The summed E-state index contributed by atoms with van der Waals surface area (Å²) in [4.78, 5) is 21.8. The molecule has 0 spiro atoms. The van der Waals surface area contributed by atoms with E-state index in [1.165, 1.54) is 25.8 Å². The van der Waals surface area contributed by atoms with E-state index in [1.54, 1.807) is 17.1 Å². The van der Waals surface area contributed by atoms with Gasteiger partial charge in [-0.05, 0) is 38.4 Å². The lowest BCUT2D eigenvalue weighted by Gasteiger charge is -2.44. The van der Waals surface area contributed by atoms with Gasteiger partial charge < -0.3 is 4.90 Å². The molecule has 0 aliphatic carbocycles. The van der Waals surface area contributed by atoms with Crippen molar-refractivity contribution in [3.63, 3.8) is 0 Å². The van der Waals surface area contributed by atoms with Crippen LogP contribution in [-0.4, -0.2) is 62.7 Å². The third-order valence-electron chi connectivity index (χ3n) is 5.23. The largest absolute Gasteiger partial charge is 0.336 e. The van der Waals surface area contributed by atoms with E-state index in [2.05, 4.69) is 15.0 Å². The first-order valence-corrected chi connectivity index (χ1v) is 8.73. The lowest BCUT2D eigenvalue weighted by molar-refractivity contribution is 0.0372. The molecule has 2 fully saturated rings. The Hall–Kier alpha value is -2.21. The summed E-state index contributed by atoms with van der Waals surface area (Å²) in [6, 6.07) is 6.22. The SMILES string of the molecule is Cc1c(C(=O)N2CCN3CCCC[C@H]3C2)cnn1-c1ccccn1. The number of carbonyl (C=O) groups excluding carboxylic acids is 1. The van der Waals surface area contributed by atoms with Crippen molar-refractivity contribution < 1.29 is 4.79 Å². The summed E-state index contributed by atoms with van der Waals surface area (Å²) in [6.07, 6.45) is 7.19. The minimum absolute atomic E-state index is 0.0971. The van der Waals surface area contributed by atoms with E-state index in [4.69, 9.17) is 0 Å². The standard InChI is InChI=1S/C18H23N5O/c1-14-16(12-20-23(14)17-7-2-4-8-19-17)18(24)22-11-10-21-9-5-3-6-15(21)13-22/h2,4,7-8,12,15H,3,5-6,9-11,13H2,1H3/t15-/m0/s1. The third kappa shape index (κ3) is 2.71. The van der Waals surface area contributed by atoms with Crippen molar-refractivity contribution in [1.29, 1.82) is 0 Å². The highest BCUT2D eigenvalue weighted by Crippen LogP contribution is 2.23. The zero-order valence-corrected chi connectivity index (χ0v) is 14.1. The molecule has 4 rings (SSSR count). The van der Waals surface area contributed by atoms with Gasteiger partial charge >= 0.3 is 0 Å². The fourth-order valence-corrected chi connectivity index (χ4v) is 3.84. The summed E-state index contributed by atoms with van der Waals surface area (Å²) in [5.41, 5.74) is 1.54. The van der Waals surface area contributed by atoms with E-state index in [1.807, 2.05) is 30.0 Å². The number of carbonyl (C=O) groups is 1. The van der Waals surface area contributed by atoms with E-state index < -0.39 is 0 Å². The van der Waals surface area contributed by atoms with Crippen molar-refractivity contribution >= 4 is 5.91 Å². The number of nitrogens with zero attached hydrogens (tertiary/aromatic N) is 5. The first-order chi connectivity index (χ1) is 11.7. The van der Waals surface area contributed by atoms with Crippen LogP contribution in [0, 0.1) is 6.92 Å².